The third-order valence-electron chi connectivity index (χ3n) is 3.07. The molecule has 1 heterocycles. The highest BCUT2D eigenvalue weighted by atomic mass is 19.1. The minimum Gasteiger partial charge on any atom is -0.369 e. The minimum absolute atomic E-state index is 0.209. The van der Waals surface area contributed by atoms with Crippen molar-refractivity contribution in [1.29, 1.82) is 0 Å². The first-order chi connectivity index (χ1) is 9.95. The number of nitrogens with zero attached hydrogens (tertiary/aromatic N) is 3. The Morgan fingerprint density at radius 1 is 1.33 bits per heavy atom. The van der Waals surface area contributed by atoms with Crippen LogP contribution in [0.15, 0.2) is 12.3 Å². The van der Waals surface area contributed by atoms with Crippen LogP contribution in [0, 0.1) is 5.82 Å². The van der Waals surface area contributed by atoms with Crippen molar-refractivity contribution >= 4 is 11.7 Å². The van der Waals surface area contributed by atoms with Crippen molar-refractivity contribution in [3.05, 3.63) is 23.6 Å². The van der Waals surface area contributed by atoms with Crippen LogP contribution < -0.4 is 5.32 Å². The summed E-state index contributed by atoms with van der Waals surface area (Å²) in [5.74, 6) is -0.260. The Hall–Kier alpha value is -1.69. The molecule has 6 heteroatoms. The van der Waals surface area contributed by atoms with Crippen LogP contribution in [0.1, 0.15) is 30.1 Å². The summed E-state index contributed by atoms with van der Waals surface area (Å²) < 4.78 is 13.4. The number of anilines is 1. The van der Waals surface area contributed by atoms with Crippen LogP contribution >= 0.6 is 0 Å². The first-order valence-electron chi connectivity index (χ1n) is 7.25. The van der Waals surface area contributed by atoms with E-state index in [-0.39, 0.29) is 11.5 Å². The second kappa shape index (κ2) is 8.56. The fourth-order valence-corrected chi connectivity index (χ4v) is 1.92. The largest absolute Gasteiger partial charge is 0.369 e. The van der Waals surface area contributed by atoms with Gasteiger partial charge in [0.15, 0.2) is 0 Å². The van der Waals surface area contributed by atoms with E-state index in [1.807, 2.05) is 21.0 Å². The Bertz CT molecular complexity index is 465. The van der Waals surface area contributed by atoms with Gasteiger partial charge >= 0.3 is 0 Å². The molecule has 0 spiro atoms. The van der Waals surface area contributed by atoms with Crippen LogP contribution in [0.5, 0.6) is 0 Å². The van der Waals surface area contributed by atoms with Gasteiger partial charge in [-0.15, -0.1) is 0 Å². The minimum atomic E-state index is -0.498. The van der Waals surface area contributed by atoms with E-state index in [0.717, 1.165) is 25.6 Å². The highest BCUT2D eigenvalue weighted by molar-refractivity contribution is 5.98. The van der Waals surface area contributed by atoms with Gasteiger partial charge < -0.3 is 15.1 Å². The molecule has 118 valence electrons. The molecule has 1 amide bonds. The van der Waals surface area contributed by atoms with E-state index >= 15 is 0 Å². The van der Waals surface area contributed by atoms with Crippen molar-refractivity contribution in [1.82, 2.24) is 14.8 Å². The number of amides is 1. The zero-order chi connectivity index (χ0) is 15.8. The number of pyridine rings is 1. The maximum atomic E-state index is 13.4. The topological polar surface area (TPSA) is 48.5 Å². The normalized spacial score (nSPS) is 10.8. The van der Waals surface area contributed by atoms with Gasteiger partial charge in [0.25, 0.3) is 5.91 Å². The molecule has 0 aliphatic carbocycles. The van der Waals surface area contributed by atoms with Gasteiger partial charge in [-0.25, -0.2) is 9.37 Å². The zero-order valence-electron chi connectivity index (χ0n) is 13.3. The average molecular weight is 296 g/mol. The molecular weight excluding hydrogens is 271 g/mol. The molecule has 0 unspecified atom stereocenters. The summed E-state index contributed by atoms with van der Waals surface area (Å²) in [6.45, 7) is 4.25. The third-order valence-corrected chi connectivity index (χ3v) is 3.07. The Morgan fingerprint density at radius 3 is 2.67 bits per heavy atom. The highest BCUT2D eigenvalue weighted by Gasteiger charge is 2.17. The lowest BCUT2D eigenvalue weighted by Crippen LogP contribution is -2.30. The van der Waals surface area contributed by atoms with Crippen LogP contribution in [-0.4, -0.2) is 61.5 Å². The molecular formula is C15H25FN4O. The Kier molecular flexibility index (Phi) is 7.08. The van der Waals surface area contributed by atoms with E-state index in [1.165, 1.54) is 6.07 Å². The smallest absolute Gasteiger partial charge is 0.257 e. The number of carbonyl (C=O) groups is 1. The molecule has 0 saturated heterocycles. The van der Waals surface area contributed by atoms with Crippen molar-refractivity contribution in [3.8, 4) is 0 Å². The maximum absolute atomic E-state index is 13.4. The third kappa shape index (κ3) is 5.67. The summed E-state index contributed by atoms with van der Waals surface area (Å²) in [6.07, 6.45) is 2.90. The standard InChI is InChI=1S/C15H25FN4O/c1-5-7-17-14-13(10-12(16)11-18-14)15(21)20(4)9-6-8-19(2)3/h10-11H,5-9H2,1-4H3,(H,17,18). The summed E-state index contributed by atoms with van der Waals surface area (Å²) in [6, 6.07) is 1.25. The second-order valence-electron chi connectivity index (χ2n) is 5.36. The van der Waals surface area contributed by atoms with Gasteiger partial charge in [0.05, 0.1) is 11.8 Å². The van der Waals surface area contributed by atoms with Crippen LogP contribution in [0.3, 0.4) is 0 Å². The molecule has 0 saturated carbocycles. The van der Waals surface area contributed by atoms with Crippen LogP contribution in [0.4, 0.5) is 10.2 Å². The summed E-state index contributed by atoms with van der Waals surface area (Å²) >= 11 is 0. The van der Waals surface area contributed by atoms with E-state index in [4.69, 9.17) is 0 Å². The second-order valence-corrected chi connectivity index (χ2v) is 5.36. The Morgan fingerprint density at radius 2 is 2.05 bits per heavy atom. The predicted octanol–water partition coefficient (Wildman–Crippen LogP) is 2.07. The molecule has 0 atom stereocenters. The van der Waals surface area contributed by atoms with E-state index in [1.54, 1.807) is 11.9 Å². The number of nitrogens with one attached hydrogen (secondary N) is 1. The predicted molar refractivity (Wildman–Crippen MR) is 83.1 cm³/mol. The highest BCUT2D eigenvalue weighted by Crippen LogP contribution is 2.16. The molecule has 0 aliphatic heterocycles. The van der Waals surface area contributed by atoms with Gasteiger partial charge in [-0.1, -0.05) is 6.92 Å². The van der Waals surface area contributed by atoms with Gasteiger partial charge in [-0.3, -0.25) is 4.79 Å². The van der Waals surface area contributed by atoms with Crippen LogP contribution in [0.2, 0.25) is 0 Å². The molecule has 0 radical (unpaired) electrons. The van der Waals surface area contributed by atoms with Gasteiger partial charge in [0.1, 0.15) is 11.6 Å². The monoisotopic (exact) mass is 296 g/mol. The van der Waals surface area contributed by atoms with E-state index in [9.17, 15) is 9.18 Å². The molecule has 1 N–H and O–H groups in total. The van der Waals surface area contributed by atoms with Crippen molar-refractivity contribution in [3.63, 3.8) is 0 Å². The molecule has 5 nitrogen and oxygen atoms in total. The number of rotatable bonds is 8. The lowest BCUT2D eigenvalue weighted by atomic mass is 10.2. The molecule has 0 fully saturated rings. The van der Waals surface area contributed by atoms with Gasteiger partial charge in [-0.05, 0) is 39.5 Å². The van der Waals surface area contributed by atoms with Crippen LogP contribution in [0.25, 0.3) is 0 Å². The molecule has 1 aromatic heterocycles. The average Bonchev–Trinajstić information content (AvgIpc) is 2.44. The van der Waals surface area contributed by atoms with Gasteiger partial charge in [-0.2, -0.15) is 0 Å². The molecule has 0 bridgehead atoms. The molecule has 21 heavy (non-hydrogen) atoms. The number of aromatic nitrogens is 1. The first kappa shape index (κ1) is 17.4. The number of hydrogen-bond acceptors (Lipinski definition) is 4. The van der Waals surface area contributed by atoms with Gasteiger partial charge in [0.2, 0.25) is 0 Å². The molecule has 0 aliphatic rings. The van der Waals surface area contributed by atoms with Crippen LogP contribution in [-0.2, 0) is 0 Å². The fourth-order valence-electron chi connectivity index (χ4n) is 1.92. The van der Waals surface area contributed by atoms with E-state index in [2.05, 4.69) is 15.2 Å². The first-order valence-corrected chi connectivity index (χ1v) is 7.25. The van der Waals surface area contributed by atoms with Crippen molar-refractivity contribution in [2.45, 2.75) is 19.8 Å². The summed E-state index contributed by atoms with van der Waals surface area (Å²) in [7, 11) is 5.71. The number of halogens is 1. The van der Waals surface area contributed by atoms with Crippen molar-refractivity contribution in [2.24, 2.45) is 0 Å². The summed E-state index contributed by atoms with van der Waals surface area (Å²) in [5, 5.41) is 3.07. The summed E-state index contributed by atoms with van der Waals surface area (Å²) in [4.78, 5) is 20.1. The number of hydrogen-bond donors (Lipinski definition) is 1. The fraction of sp³-hybridized carbons (Fsp3) is 0.600. The lowest BCUT2D eigenvalue weighted by molar-refractivity contribution is 0.0790. The SMILES string of the molecule is CCCNc1ncc(F)cc1C(=O)N(C)CCCN(C)C. The molecule has 1 aromatic rings. The molecule has 0 aromatic carbocycles. The Balaban J connectivity index is 2.77. The quantitative estimate of drug-likeness (QED) is 0.798. The Labute approximate surface area is 126 Å². The van der Waals surface area contributed by atoms with E-state index < -0.39 is 5.82 Å². The molecule has 1 rings (SSSR count). The van der Waals surface area contributed by atoms with Crippen molar-refractivity contribution < 1.29 is 9.18 Å². The van der Waals surface area contributed by atoms with Crippen molar-refractivity contribution in [2.75, 3.05) is 46.1 Å². The lowest BCUT2D eigenvalue weighted by Gasteiger charge is -2.20. The zero-order valence-corrected chi connectivity index (χ0v) is 13.3. The van der Waals surface area contributed by atoms with Gasteiger partial charge in [0, 0.05) is 20.1 Å². The number of carbonyl (C=O) groups excluding carboxylic acids is 1. The van der Waals surface area contributed by atoms with E-state index in [0.29, 0.717) is 18.9 Å². The summed E-state index contributed by atoms with van der Waals surface area (Å²) in [5.41, 5.74) is 0.288. The maximum Gasteiger partial charge on any atom is 0.257 e.